The van der Waals surface area contributed by atoms with Crippen molar-refractivity contribution in [3.63, 3.8) is 0 Å². The maximum Gasteiger partial charge on any atom is 0.261 e. The Hall–Kier alpha value is -3.46. The molecule has 160 valence electrons. The van der Waals surface area contributed by atoms with Crippen LogP contribution in [-0.4, -0.2) is 19.5 Å². The first kappa shape index (κ1) is 20.8. The first-order valence-electron chi connectivity index (χ1n) is 9.66. The summed E-state index contributed by atoms with van der Waals surface area (Å²) in [5.74, 6) is -0.238. The van der Waals surface area contributed by atoms with Gasteiger partial charge in [0, 0.05) is 5.92 Å². The minimum atomic E-state index is -3.93. The normalized spacial score (nSPS) is 14.0. The predicted molar refractivity (Wildman–Crippen MR) is 115 cm³/mol. The average molecular weight is 441 g/mol. The van der Waals surface area contributed by atoms with Crippen LogP contribution in [0, 0.1) is 18.7 Å². The lowest BCUT2D eigenvalue weighted by atomic mass is 10.2. The summed E-state index contributed by atoms with van der Waals surface area (Å²) < 4.78 is 46.3. The summed E-state index contributed by atoms with van der Waals surface area (Å²) in [7, 11) is -3.93. The van der Waals surface area contributed by atoms with E-state index in [2.05, 4.69) is 15.2 Å². The standard InChI is InChI=1S/C22H20FN3O4S/c1-14-21(24-22(27)16-9-10-16)20(30-25-14)13-8-15-6-11-17(12-7-15)31(28,29)26-19-5-3-2-4-18(19)23/h2-8,11-13,16,26H,9-10H2,1H3,(H,24,27)/b13-8-. The lowest BCUT2D eigenvalue weighted by Crippen LogP contribution is -2.14. The molecule has 0 saturated heterocycles. The molecule has 4 rings (SSSR count). The number of carbonyl (C=O) groups is 1. The van der Waals surface area contributed by atoms with E-state index in [0.717, 1.165) is 12.8 Å². The molecule has 1 amide bonds. The Labute approximate surface area is 179 Å². The predicted octanol–water partition coefficient (Wildman–Crippen LogP) is 4.44. The summed E-state index contributed by atoms with van der Waals surface area (Å²) >= 11 is 0. The number of hydrogen-bond acceptors (Lipinski definition) is 5. The number of hydrogen-bond donors (Lipinski definition) is 2. The second-order valence-electron chi connectivity index (χ2n) is 7.26. The van der Waals surface area contributed by atoms with Crippen molar-refractivity contribution in [3.8, 4) is 0 Å². The van der Waals surface area contributed by atoms with Crippen LogP contribution < -0.4 is 10.0 Å². The van der Waals surface area contributed by atoms with Crippen molar-refractivity contribution in [3.05, 3.63) is 71.4 Å². The molecule has 31 heavy (non-hydrogen) atoms. The van der Waals surface area contributed by atoms with E-state index in [4.69, 9.17) is 4.52 Å². The van der Waals surface area contributed by atoms with Crippen molar-refractivity contribution >= 4 is 39.5 Å². The zero-order chi connectivity index (χ0) is 22.0. The molecule has 2 aromatic carbocycles. The van der Waals surface area contributed by atoms with Crippen LogP contribution in [0.4, 0.5) is 15.8 Å². The molecule has 3 aromatic rings. The molecule has 0 spiro atoms. The van der Waals surface area contributed by atoms with E-state index in [9.17, 15) is 17.6 Å². The highest BCUT2D eigenvalue weighted by Gasteiger charge is 2.30. The molecule has 0 unspecified atom stereocenters. The maximum atomic E-state index is 13.7. The molecule has 1 aromatic heterocycles. The van der Waals surface area contributed by atoms with Gasteiger partial charge in [0.05, 0.1) is 10.6 Å². The van der Waals surface area contributed by atoms with Gasteiger partial charge in [0.1, 0.15) is 17.2 Å². The van der Waals surface area contributed by atoms with Crippen LogP contribution >= 0.6 is 0 Å². The number of aromatic nitrogens is 1. The minimum absolute atomic E-state index is 0.000739. The van der Waals surface area contributed by atoms with Crippen LogP contribution in [0.15, 0.2) is 57.9 Å². The number of nitrogens with zero attached hydrogens (tertiary/aromatic N) is 1. The SMILES string of the molecule is Cc1noc(/C=C\c2ccc(S(=O)(=O)Nc3ccccc3F)cc2)c1NC(=O)C1CC1. The van der Waals surface area contributed by atoms with E-state index in [1.807, 2.05) is 0 Å². The van der Waals surface area contributed by atoms with E-state index >= 15 is 0 Å². The van der Waals surface area contributed by atoms with E-state index in [-0.39, 0.29) is 22.4 Å². The Morgan fingerprint density at radius 3 is 2.52 bits per heavy atom. The van der Waals surface area contributed by atoms with Gasteiger partial charge in [0.2, 0.25) is 5.91 Å². The Balaban J connectivity index is 1.48. The molecule has 2 N–H and O–H groups in total. The van der Waals surface area contributed by atoms with Gasteiger partial charge in [-0.1, -0.05) is 35.5 Å². The average Bonchev–Trinajstić information content (AvgIpc) is 3.54. The van der Waals surface area contributed by atoms with Gasteiger partial charge in [0.25, 0.3) is 10.0 Å². The molecule has 7 nitrogen and oxygen atoms in total. The van der Waals surface area contributed by atoms with E-state index < -0.39 is 15.8 Å². The number of benzene rings is 2. The number of sulfonamides is 1. The molecule has 0 aliphatic heterocycles. The molecular formula is C22H20FN3O4S. The fraction of sp³-hybridized carbons (Fsp3) is 0.182. The van der Waals surface area contributed by atoms with E-state index in [1.165, 1.54) is 30.3 Å². The van der Waals surface area contributed by atoms with Crippen LogP contribution in [0.25, 0.3) is 12.2 Å². The molecule has 0 atom stereocenters. The third-order valence-electron chi connectivity index (χ3n) is 4.82. The highest BCUT2D eigenvalue weighted by atomic mass is 32.2. The number of rotatable bonds is 7. The minimum Gasteiger partial charge on any atom is -0.354 e. The van der Waals surface area contributed by atoms with Crippen molar-refractivity contribution in [2.75, 3.05) is 10.0 Å². The summed E-state index contributed by atoms with van der Waals surface area (Å²) in [6, 6.07) is 11.6. The maximum absolute atomic E-state index is 13.7. The van der Waals surface area contributed by atoms with Crippen LogP contribution in [0.1, 0.15) is 29.9 Å². The quantitative estimate of drug-likeness (QED) is 0.564. The fourth-order valence-corrected chi connectivity index (χ4v) is 3.97. The van der Waals surface area contributed by atoms with Crippen molar-refractivity contribution in [1.29, 1.82) is 0 Å². The highest BCUT2D eigenvalue weighted by molar-refractivity contribution is 7.92. The molecule has 9 heteroatoms. The molecule has 1 aliphatic carbocycles. The summed E-state index contributed by atoms with van der Waals surface area (Å²) in [6.45, 7) is 1.74. The molecule has 0 radical (unpaired) electrons. The molecule has 1 saturated carbocycles. The van der Waals surface area contributed by atoms with Crippen molar-refractivity contribution in [1.82, 2.24) is 5.16 Å². The van der Waals surface area contributed by atoms with Gasteiger partial charge >= 0.3 is 0 Å². The molecule has 1 aliphatic rings. The number of anilines is 2. The summed E-state index contributed by atoms with van der Waals surface area (Å²) in [6.07, 6.45) is 5.15. The fourth-order valence-electron chi connectivity index (χ4n) is 2.90. The number of carbonyl (C=O) groups excluding carboxylic acids is 1. The van der Waals surface area contributed by atoms with Gasteiger partial charge in [-0.05, 0) is 55.7 Å². The molecule has 1 fully saturated rings. The van der Waals surface area contributed by atoms with Crippen LogP contribution in [0.5, 0.6) is 0 Å². The van der Waals surface area contributed by atoms with Gasteiger partial charge in [0.15, 0.2) is 5.76 Å². The van der Waals surface area contributed by atoms with Crippen molar-refractivity contribution in [2.45, 2.75) is 24.7 Å². The van der Waals surface area contributed by atoms with Gasteiger partial charge in [-0.25, -0.2) is 12.8 Å². The Kier molecular flexibility index (Phi) is 5.60. The Morgan fingerprint density at radius 1 is 1.13 bits per heavy atom. The third kappa shape index (κ3) is 4.83. The second kappa shape index (κ2) is 8.35. The van der Waals surface area contributed by atoms with Gasteiger partial charge in [-0.2, -0.15) is 0 Å². The van der Waals surface area contributed by atoms with Gasteiger partial charge < -0.3 is 9.84 Å². The largest absolute Gasteiger partial charge is 0.354 e. The van der Waals surface area contributed by atoms with E-state index in [0.29, 0.717) is 22.7 Å². The number of aryl methyl sites for hydroxylation is 1. The van der Waals surface area contributed by atoms with Crippen LogP contribution in [-0.2, 0) is 14.8 Å². The zero-order valence-electron chi connectivity index (χ0n) is 16.6. The first-order chi connectivity index (χ1) is 14.8. The lowest BCUT2D eigenvalue weighted by Gasteiger charge is -2.09. The second-order valence-corrected chi connectivity index (χ2v) is 8.94. The van der Waals surface area contributed by atoms with Crippen LogP contribution in [0.2, 0.25) is 0 Å². The highest BCUT2D eigenvalue weighted by Crippen LogP contribution is 2.32. The Bertz CT molecular complexity index is 1250. The molecule has 0 bridgehead atoms. The zero-order valence-corrected chi connectivity index (χ0v) is 17.4. The van der Waals surface area contributed by atoms with Crippen LogP contribution in [0.3, 0.4) is 0 Å². The number of halogens is 1. The lowest BCUT2D eigenvalue weighted by molar-refractivity contribution is -0.117. The summed E-state index contributed by atoms with van der Waals surface area (Å²) in [5, 5.41) is 6.74. The topological polar surface area (TPSA) is 101 Å². The van der Waals surface area contributed by atoms with Gasteiger partial charge in [-0.15, -0.1) is 0 Å². The Morgan fingerprint density at radius 2 is 1.84 bits per heavy atom. The number of nitrogens with one attached hydrogen (secondary N) is 2. The molecule has 1 heterocycles. The smallest absolute Gasteiger partial charge is 0.261 e. The monoisotopic (exact) mass is 441 g/mol. The van der Waals surface area contributed by atoms with Gasteiger partial charge in [-0.3, -0.25) is 9.52 Å². The van der Waals surface area contributed by atoms with E-state index in [1.54, 1.807) is 37.3 Å². The number of amides is 1. The number of para-hydroxylation sites is 1. The molecular weight excluding hydrogens is 421 g/mol. The summed E-state index contributed by atoms with van der Waals surface area (Å²) in [4.78, 5) is 12.0. The first-order valence-corrected chi connectivity index (χ1v) is 11.1. The summed E-state index contributed by atoms with van der Waals surface area (Å²) in [5.41, 5.74) is 1.70. The van der Waals surface area contributed by atoms with Crippen molar-refractivity contribution < 1.29 is 22.1 Å². The van der Waals surface area contributed by atoms with Crippen molar-refractivity contribution in [2.24, 2.45) is 5.92 Å². The third-order valence-corrected chi connectivity index (χ3v) is 6.20.